The molecule has 31 heavy (non-hydrogen) atoms. The van der Waals surface area contributed by atoms with Crippen LogP contribution in [0.15, 0.2) is 79.0 Å². The van der Waals surface area contributed by atoms with Crippen molar-refractivity contribution in [2.45, 2.75) is 0 Å². The van der Waals surface area contributed by atoms with E-state index in [0.717, 1.165) is 39.1 Å². The minimum Gasteiger partial charge on any atom is -0.336 e. The highest BCUT2D eigenvalue weighted by atomic mass is 19.1. The maximum absolute atomic E-state index is 13.8. The number of fused-ring (bicyclic) bond motifs is 2. The van der Waals surface area contributed by atoms with Gasteiger partial charge in [0.05, 0.1) is 27.9 Å². The van der Waals surface area contributed by atoms with Crippen molar-refractivity contribution in [2.75, 3.05) is 0 Å². The molecular formula is C24H15FN6. The second-order valence-corrected chi connectivity index (χ2v) is 7.18. The van der Waals surface area contributed by atoms with E-state index in [1.165, 1.54) is 12.1 Å². The lowest BCUT2D eigenvalue weighted by Crippen LogP contribution is -1.88. The minimum atomic E-state index is -0.283. The zero-order valence-electron chi connectivity index (χ0n) is 16.2. The van der Waals surface area contributed by atoms with E-state index in [9.17, 15) is 4.39 Å². The van der Waals surface area contributed by atoms with Crippen LogP contribution in [0.3, 0.4) is 0 Å². The Hall–Kier alpha value is -4.39. The molecule has 0 aliphatic carbocycles. The molecule has 2 N–H and O–H groups in total. The number of aromatic nitrogens is 6. The Morgan fingerprint density at radius 2 is 1.68 bits per heavy atom. The Labute approximate surface area is 175 Å². The van der Waals surface area contributed by atoms with Gasteiger partial charge in [-0.2, -0.15) is 5.10 Å². The number of hydrogen-bond acceptors (Lipinski definition) is 4. The molecule has 0 aliphatic heterocycles. The first-order valence-electron chi connectivity index (χ1n) is 9.78. The summed E-state index contributed by atoms with van der Waals surface area (Å²) in [6, 6.07) is 21.9. The van der Waals surface area contributed by atoms with Crippen molar-refractivity contribution in [3.63, 3.8) is 0 Å². The van der Waals surface area contributed by atoms with Crippen molar-refractivity contribution < 1.29 is 4.39 Å². The van der Waals surface area contributed by atoms with E-state index >= 15 is 0 Å². The summed E-state index contributed by atoms with van der Waals surface area (Å²) in [5.74, 6) is 0.311. The summed E-state index contributed by atoms with van der Waals surface area (Å²) in [6.45, 7) is 0. The van der Waals surface area contributed by atoms with Gasteiger partial charge in [0.25, 0.3) is 0 Å². The highest BCUT2D eigenvalue weighted by Crippen LogP contribution is 2.31. The van der Waals surface area contributed by atoms with Crippen LogP contribution >= 0.6 is 0 Å². The van der Waals surface area contributed by atoms with Crippen LogP contribution in [0.1, 0.15) is 0 Å². The number of para-hydroxylation sites is 1. The molecule has 2 aromatic carbocycles. The van der Waals surface area contributed by atoms with Crippen LogP contribution in [0.4, 0.5) is 4.39 Å². The number of H-pyrrole nitrogens is 2. The Morgan fingerprint density at radius 1 is 0.742 bits per heavy atom. The Kier molecular flexibility index (Phi) is 3.86. The van der Waals surface area contributed by atoms with Crippen molar-refractivity contribution in [2.24, 2.45) is 0 Å². The lowest BCUT2D eigenvalue weighted by atomic mass is 10.0. The van der Waals surface area contributed by atoms with Crippen LogP contribution < -0.4 is 0 Å². The molecule has 148 valence electrons. The number of aromatic amines is 2. The van der Waals surface area contributed by atoms with Crippen molar-refractivity contribution in [3.8, 4) is 34.0 Å². The molecule has 6 rings (SSSR count). The molecule has 0 saturated carbocycles. The van der Waals surface area contributed by atoms with E-state index in [1.807, 2.05) is 54.6 Å². The second-order valence-electron chi connectivity index (χ2n) is 7.18. The first-order valence-corrected chi connectivity index (χ1v) is 9.78. The molecule has 6 nitrogen and oxygen atoms in total. The summed E-state index contributed by atoms with van der Waals surface area (Å²) >= 11 is 0. The van der Waals surface area contributed by atoms with Gasteiger partial charge in [-0.15, -0.1) is 0 Å². The first-order chi connectivity index (χ1) is 15.3. The molecule has 0 spiro atoms. The molecule has 0 aliphatic rings. The zero-order valence-corrected chi connectivity index (χ0v) is 16.2. The molecule has 0 atom stereocenters. The maximum atomic E-state index is 13.8. The van der Waals surface area contributed by atoms with E-state index in [0.29, 0.717) is 17.0 Å². The van der Waals surface area contributed by atoms with E-state index in [-0.39, 0.29) is 5.82 Å². The molecule has 6 aromatic rings. The van der Waals surface area contributed by atoms with Gasteiger partial charge in [0.1, 0.15) is 11.3 Å². The van der Waals surface area contributed by atoms with Crippen LogP contribution in [-0.4, -0.2) is 30.1 Å². The van der Waals surface area contributed by atoms with Gasteiger partial charge in [-0.1, -0.05) is 30.3 Å². The topological polar surface area (TPSA) is 83.1 Å². The number of halogens is 1. The van der Waals surface area contributed by atoms with Crippen molar-refractivity contribution in [3.05, 3.63) is 84.8 Å². The summed E-state index contributed by atoms with van der Waals surface area (Å²) in [5.41, 5.74) is 6.88. The zero-order chi connectivity index (χ0) is 20.8. The predicted molar refractivity (Wildman–Crippen MR) is 118 cm³/mol. The SMILES string of the molecule is Fc1cccc(-c2cccc3[nH]c(-c4n[nH]c5ccc(-c6ccccn6)nc45)nc23)c1. The van der Waals surface area contributed by atoms with Gasteiger partial charge in [0.2, 0.25) is 0 Å². The number of rotatable bonds is 3. The van der Waals surface area contributed by atoms with Gasteiger partial charge < -0.3 is 4.98 Å². The van der Waals surface area contributed by atoms with E-state index in [4.69, 9.17) is 9.97 Å². The summed E-state index contributed by atoms with van der Waals surface area (Å²) in [6.07, 6.45) is 1.74. The Morgan fingerprint density at radius 3 is 2.55 bits per heavy atom. The summed E-state index contributed by atoms with van der Waals surface area (Å²) < 4.78 is 13.8. The van der Waals surface area contributed by atoms with Gasteiger partial charge in [0, 0.05) is 11.8 Å². The van der Waals surface area contributed by atoms with Crippen LogP contribution in [0.5, 0.6) is 0 Å². The third kappa shape index (κ3) is 2.95. The van der Waals surface area contributed by atoms with Gasteiger partial charge in [-0.3, -0.25) is 10.1 Å². The van der Waals surface area contributed by atoms with Crippen molar-refractivity contribution in [1.29, 1.82) is 0 Å². The monoisotopic (exact) mass is 406 g/mol. The first kappa shape index (κ1) is 17.5. The second kappa shape index (κ2) is 6.84. The fourth-order valence-electron chi connectivity index (χ4n) is 3.75. The van der Waals surface area contributed by atoms with Gasteiger partial charge >= 0.3 is 0 Å². The third-order valence-electron chi connectivity index (χ3n) is 5.21. The Bertz CT molecular complexity index is 1550. The molecule has 0 radical (unpaired) electrons. The quantitative estimate of drug-likeness (QED) is 0.414. The average molecular weight is 406 g/mol. The Balaban J connectivity index is 1.52. The summed E-state index contributed by atoms with van der Waals surface area (Å²) in [7, 11) is 0. The average Bonchev–Trinajstić information content (AvgIpc) is 3.43. The van der Waals surface area contributed by atoms with Crippen LogP contribution in [0.2, 0.25) is 0 Å². The van der Waals surface area contributed by atoms with Crippen LogP contribution in [0.25, 0.3) is 56.1 Å². The van der Waals surface area contributed by atoms with Gasteiger partial charge in [-0.05, 0) is 48.0 Å². The molecule has 0 amide bonds. The fraction of sp³-hybridized carbons (Fsp3) is 0. The van der Waals surface area contributed by atoms with E-state index in [2.05, 4.69) is 20.2 Å². The molecule has 0 saturated heterocycles. The lowest BCUT2D eigenvalue weighted by Gasteiger charge is -2.02. The molecule has 0 unspecified atom stereocenters. The van der Waals surface area contributed by atoms with E-state index in [1.54, 1.807) is 12.3 Å². The normalized spacial score (nSPS) is 11.4. The molecule has 4 aromatic heterocycles. The predicted octanol–water partition coefficient (Wildman–Crippen LogP) is 5.37. The number of hydrogen-bond donors (Lipinski definition) is 2. The van der Waals surface area contributed by atoms with Crippen molar-refractivity contribution >= 4 is 22.1 Å². The molecular weight excluding hydrogens is 391 g/mol. The molecule has 0 bridgehead atoms. The number of imidazole rings is 1. The van der Waals surface area contributed by atoms with Gasteiger partial charge in [-0.25, -0.2) is 14.4 Å². The smallest absolute Gasteiger partial charge is 0.161 e. The van der Waals surface area contributed by atoms with Crippen LogP contribution in [0, 0.1) is 5.82 Å². The van der Waals surface area contributed by atoms with Crippen molar-refractivity contribution in [1.82, 2.24) is 30.1 Å². The van der Waals surface area contributed by atoms with Gasteiger partial charge in [0.15, 0.2) is 11.5 Å². The number of pyridine rings is 2. The maximum Gasteiger partial charge on any atom is 0.161 e. The minimum absolute atomic E-state index is 0.283. The number of nitrogens with zero attached hydrogens (tertiary/aromatic N) is 4. The standard InChI is InChI=1S/C24H15FN6/c25-15-6-3-5-14(13-15)16-7-4-9-19-21(16)29-24(28-19)23-22-20(30-31-23)11-10-18(27-22)17-8-1-2-12-26-17/h1-13H,(H,28,29)(H,30,31). The number of benzene rings is 2. The molecule has 7 heteroatoms. The lowest BCUT2D eigenvalue weighted by molar-refractivity contribution is 0.628. The summed E-state index contributed by atoms with van der Waals surface area (Å²) in [5, 5.41) is 7.47. The van der Waals surface area contributed by atoms with Crippen LogP contribution in [-0.2, 0) is 0 Å². The molecule has 4 heterocycles. The third-order valence-corrected chi connectivity index (χ3v) is 5.21. The highest BCUT2D eigenvalue weighted by Gasteiger charge is 2.17. The highest BCUT2D eigenvalue weighted by molar-refractivity contribution is 5.96. The largest absolute Gasteiger partial charge is 0.336 e. The van der Waals surface area contributed by atoms with E-state index < -0.39 is 0 Å². The molecule has 0 fully saturated rings. The number of nitrogens with one attached hydrogen (secondary N) is 2. The fourth-order valence-corrected chi connectivity index (χ4v) is 3.75. The summed E-state index contributed by atoms with van der Waals surface area (Å²) in [4.78, 5) is 17.3.